The lowest BCUT2D eigenvalue weighted by Gasteiger charge is -2.11. The third-order valence-corrected chi connectivity index (χ3v) is 3.23. The molecule has 0 spiro atoms. The number of carbonyl (C=O) groups is 1. The van der Waals surface area contributed by atoms with Crippen LogP contribution in [0.1, 0.15) is 12.0 Å². The van der Waals surface area contributed by atoms with Crippen molar-refractivity contribution in [3.63, 3.8) is 0 Å². The lowest BCUT2D eigenvalue weighted by Crippen LogP contribution is -2.37. The van der Waals surface area contributed by atoms with Crippen molar-refractivity contribution >= 4 is 34.2 Å². The predicted molar refractivity (Wildman–Crippen MR) is 74.5 cm³/mol. The molecule has 1 amide bonds. The third kappa shape index (κ3) is 4.66. The first-order valence-electron chi connectivity index (χ1n) is 5.48. The fourth-order valence-corrected chi connectivity index (χ4v) is 2.11. The van der Waals surface area contributed by atoms with E-state index in [0.29, 0.717) is 12.5 Å². The second kappa shape index (κ2) is 6.99. The van der Waals surface area contributed by atoms with Crippen molar-refractivity contribution in [2.45, 2.75) is 18.9 Å². The maximum absolute atomic E-state index is 11.7. The van der Waals surface area contributed by atoms with E-state index in [-0.39, 0.29) is 18.3 Å². The average Bonchev–Trinajstić information content (AvgIpc) is 2.74. The third-order valence-electron chi connectivity index (χ3n) is 2.70. The van der Waals surface area contributed by atoms with Gasteiger partial charge in [-0.2, -0.15) is 0 Å². The fraction of sp³-hybridized carbons (Fsp3) is 0.417. The van der Waals surface area contributed by atoms with E-state index < -0.39 is 0 Å². The summed E-state index contributed by atoms with van der Waals surface area (Å²) in [7, 11) is 0. The Labute approximate surface area is 116 Å². The summed E-state index contributed by atoms with van der Waals surface area (Å²) in [5.74, 6) is 0.107. The van der Waals surface area contributed by atoms with Crippen LogP contribution in [0.4, 0.5) is 0 Å². The van der Waals surface area contributed by atoms with Gasteiger partial charge in [-0.1, -0.05) is 28.1 Å². The van der Waals surface area contributed by atoms with E-state index in [0.717, 1.165) is 29.5 Å². The Morgan fingerprint density at radius 1 is 1.41 bits per heavy atom. The summed E-state index contributed by atoms with van der Waals surface area (Å²) < 4.78 is 1.04. The molecule has 1 aliphatic rings. The van der Waals surface area contributed by atoms with E-state index in [1.165, 1.54) is 0 Å². The number of carbonyl (C=O) groups excluding carboxylic acids is 1. The summed E-state index contributed by atoms with van der Waals surface area (Å²) in [6.45, 7) is 1.90. The van der Waals surface area contributed by atoms with Crippen molar-refractivity contribution in [3.05, 3.63) is 34.3 Å². The van der Waals surface area contributed by atoms with Crippen LogP contribution < -0.4 is 10.6 Å². The van der Waals surface area contributed by atoms with E-state index in [1.807, 2.05) is 24.3 Å². The molecule has 1 aliphatic heterocycles. The predicted octanol–water partition coefficient (Wildman–Crippen LogP) is 1.89. The first-order valence-corrected chi connectivity index (χ1v) is 6.28. The number of nitrogens with one attached hydrogen (secondary N) is 2. The Morgan fingerprint density at radius 2 is 2.12 bits per heavy atom. The van der Waals surface area contributed by atoms with Crippen LogP contribution in [0.5, 0.6) is 0 Å². The molecule has 1 unspecified atom stereocenters. The maximum atomic E-state index is 11.7. The minimum Gasteiger partial charge on any atom is -0.352 e. The second-order valence-corrected chi connectivity index (χ2v) is 4.98. The summed E-state index contributed by atoms with van der Waals surface area (Å²) >= 11 is 3.37. The van der Waals surface area contributed by atoms with Crippen LogP contribution in [0.15, 0.2) is 28.7 Å². The zero-order valence-corrected chi connectivity index (χ0v) is 11.8. The van der Waals surface area contributed by atoms with Gasteiger partial charge in [-0.15, -0.1) is 12.4 Å². The van der Waals surface area contributed by atoms with Crippen LogP contribution in [0.25, 0.3) is 0 Å². The molecular weight excluding hydrogens is 304 g/mol. The van der Waals surface area contributed by atoms with Crippen molar-refractivity contribution < 1.29 is 4.79 Å². The van der Waals surface area contributed by atoms with Crippen LogP contribution in [-0.2, 0) is 11.2 Å². The molecule has 1 fully saturated rings. The zero-order chi connectivity index (χ0) is 11.4. The van der Waals surface area contributed by atoms with Gasteiger partial charge >= 0.3 is 0 Å². The zero-order valence-electron chi connectivity index (χ0n) is 9.41. The Balaban J connectivity index is 0.00000144. The van der Waals surface area contributed by atoms with E-state index >= 15 is 0 Å². The largest absolute Gasteiger partial charge is 0.352 e. The topological polar surface area (TPSA) is 41.1 Å². The molecular formula is C12H16BrClN2O. The molecule has 2 rings (SSSR count). The quantitative estimate of drug-likeness (QED) is 0.893. The van der Waals surface area contributed by atoms with Crippen LogP contribution in [0.2, 0.25) is 0 Å². The molecule has 94 valence electrons. The molecule has 1 atom stereocenters. The molecule has 0 aromatic heterocycles. The summed E-state index contributed by atoms with van der Waals surface area (Å²) in [5.41, 5.74) is 1.05. The summed E-state index contributed by atoms with van der Waals surface area (Å²) in [5, 5.41) is 6.26. The van der Waals surface area contributed by atoms with Gasteiger partial charge in [0.05, 0.1) is 6.42 Å². The van der Waals surface area contributed by atoms with Gasteiger partial charge in [0.2, 0.25) is 5.91 Å². The fourth-order valence-electron chi connectivity index (χ4n) is 1.84. The van der Waals surface area contributed by atoms with Gasteiger partial charge in [0.1, 0.15) is 0 Å². The van der Waals surface area contributed by atoms with Crippen molar-refractivity contribution in [1.29, 1.82) is 0 Å². The number of amides is 1. The monoisotopic (exact) mass is 318 g/mol. The molecule has 0 aliphatic carbocycles. The lowest BCUT2D eigenvalue weighted by molar-refractivity contribution is -0.121. The number of halogens is 2. The molecule has 1 aromatic carbocycles. The molecule has 1 aromatic rings. The Morgan fingerprint density at radius 3 is 2.71 bits per heavy atom. The number of hydrogen-bond donors (Lipinski definition) is 2. The van der Waals surface area contributed by atoms with Gasteiger partial charge in [0.25, 0.3) is 0 Å². The number of benzene rings is 1. The highest BCUT2D eigenvalue weighted by atomic mass is 79.9. The molecule has 17 heavy (non-hydrogen) atoms. The molecule has 2 N–H and O–H groups in total. The lowest BCUT2D eigenvalue weighted by atomic mass is 10.1. The standard InChI is InChI=1S/C12H15BrN2O.ClH/c13-10-3-1-9(2-4-10)7-12(16)15-11-5-6-14-8-11;/h1-4,11,14H,5-8H2,(H,15,16);1H. The van der Waals surface area contributed by atoms with Gasteiger partial charge in [-0.3, -0.25) is 4.79 Å². The first-order chi connectivity index (χ1) is 7.74. The molecule has 1 saturated heterocycles. The van der Waals surface area contributed by atoms with Crippen molar-refractivity contribution in [3.8, 4) is 0 Å². The van der Waals surface area contributed by atoms with Crippen LogP contribution >= 0.6 is 28.3 Å². The molecule has 0 bridgehead atoms. The van der Waals surface area contributed by atoms with Crippen LogP contribution in [-0.4, -0.2) is 25.0 Å². The van der Waals surface area contributed by atoms with Crippen LogP contribution in [0.3, 0.4) is 0 Å². The molecule has 1 heterocycles. The molecule has 3 nitrogen and oxygen atoms in total. The highest BCUT2D eigenvalue weighted by Gasteiger charge is 2.16. The highest BCUT2D eigenvalue weighted by Crippen LogP contribution is 2.11. The normalized spacial score (nSPS) is 18.5. The maximum Gasteiger partial charge on any atom is 0.224 e. The van der Waals surface area contributed by atoms with E-state index in [9.17, 15) is 4.79 Å². The van der Waals surface area contributed by atoms with Gasteiger partial charge in [0.15, 0.2) is 0 Å². The average molecular weight is 320 g/mol. The van der Waals surface area contributed by atoms with Gasteiger partial charge in [-0.25, -0.2) is 0 Å². The van der Waals surface area contributed by atoms with Crippen LogP contribution in [0, 0.1) is 0 Å². The summed E-state index contributed by atoms with van der Waals surface area (Å²) in [6, 6.07) is 8.16. The SMILES string of the molecule is Cl.O=C(Cc1ccc(Br)cc1)NC1CCNC1. The number of rotatable bonds is 3. The summed E-state index contributed by atoms with van der Waals surface area (Å²) in [4.78, 5) is 11.7. The van der Waals surface area contributed by atoms with Gasteiger partial charge in [-0.05, 0) is 30.7 Å². The van der Waals surface area contributed by atoms with E-state index in [4.69, 9.17) is 0 Å². The van der Waals surface area contributed by atoms with Gasteiger partial charge < -0.3 is 10.6 Å². The Bertz CT molecular complexity index is 363. The van der Waals surface area contributed by atoms with E-state index in [2.05, 4.69) is 26.6 Å². The smallest absolute Gasteiger partial charge is 0.224 e. The van der Waals surface area contributed by atoms with Crippen molar-refractivity contribution in [1.82, 2.24) is 10.6 Å². The van der Waals surface area contributed by atoms with Gasteiger partial charge in [0, 0.05) is 17.1 Å². The minimum atomic E-state index is 0. The molecule has 5 heteroatoms. The molecule has 0 saturated carbocycles. The first kappa shape index (κ1) is 14.5. The van der Waals surface area contributed by atoms with E-state index in [1.54, 1.807) is 0 Å². The second-order valence-electron chi connectivity index (χ2n) is 4.06. The highest BCUT2D eigenvalue weighted by molar-refractivity contribution is 9.10. The minimum absolute atomic E-state index is 0. The number of hydrogen-bond acceptors (Lipinski definition) is 2. The van der Waals surface area contributed by atoms with Crippen molar-refractivity contribution in [2.75, 3.05) is 13.1 Å². The summed E-state index contributed by atoms with van der Waals surface area (Å²) in [6.07, 6.45) is 1.50. The Kier molecular flexibility index (Phi) is 5.95. The van der Waals surface area contributed by atoms with Crippen molar-refractivity contribution in [2.24, 2.45) is 0 Å². The Hall–Kier alpha value is -0.580. The molecule has 0 radical (unpaired) electrons.